The highest BCUT2D eigenvalue weighted by Crippen LogP contribution is 2.25. The van der Waals surface area contributed by atoms with E-state index in [4.69, 9.17) is 0 Å². The smallest absolute Gasteiger partial charge is 0.135 e. The summed E-state index contributed by atoms with van der Waals surface area (Å²) in [4.78, 5) is 11.2. The molecule has 1 saturated carbocycles. The summed E-state index contributed by atoms with van der Waals surface area (Å²) in [6, 6.07) is 0. The van der Waals surface area contributed by atoms with Crippen molar-refractivity contribution >= 4 is 5.78 Å². The molecule has 1 rings (SSSR count). The summed E-state index contributed by atoms with van der Waals surface area (Å²) >= 11 is 0. The van der Waals surface area contributed by atoms with Gasteiger partial charge in [-0.2, -0.15) is 0 Å². The molecule has 1 aliphatic rings. The Hall–Kier alpha value is -0.590. The van der Waals surface area contributed by atoms with Crippen molar-refractivity contribution < 1.29 is 4.79 Å². The molecule has 0 aliphatic heterocycles. The molecular weight excluding hydrogens is 148 g/mol. The van der Waals surface area contributed by atoms with Crippen molar-refractivity contribution in [3.8, 4) is 0 Å². The molecule has 1 fully saturated rings. The van der Waals surface area contributed by atoms with Gasteiger partial charge < -0.3 is 0 Å². The molecule has 1 aliphatic carbocycles. The summed E-state index contributed by atoms with van der Waals surface area (Å²) in [5, 5.41) is 0. The molecule has 0 spiro atoms. The van der Waals surface area contributed by atoms with Crippen molar-refractivity contribution in [2.24, 2.45) is 5.92 Å². The zero-order valence-corrected chi connectivity index (χ0v) is 7.88. The number of hydrogen-bond donors (Lipinski definition) is 0. The molecule has 1 nitrogen and oxygen atoms in total. The van der Waals surface area contributed by atoms with Crippen LogP contribution in [-0.2, 0) is 4.79 Å². The number of Topliss-reactive ketones (excluding diaryl/α,β-unsaturated/α-hetero) is 1. The van der Waals surface area contributed by atoms with E-state index in [1.54, 1.807) is 0 Å². The van der Waals surface area contributed by atoms with Crippen LogP contribution in [0.3, 0.4) is 0 Å². The van der Waals surface area contributed by atoms with E-state index in [-0.39, 0.29) is 0 Å². The quantitative estimate of drug-likeness (QED) is 0.586. The van der Waals surface area contributed by atoms with E-state index in [0.717, 1.165) is 38.5 Å². The van der Waals surface area contributed by atoms with E-state index < -0.39 is 0 Å². The average molecular weight is 166 g/mol. The van der Waals surface area contributed by atoms with Gasteiger partial charge in [0.25, 0.3) is 0 Å². The van der Waals surface area contributed by atoms with E-state index in [1.807, 2.05) is 0 Å². The minimum absolute atomic E-state index is 0.395. The highest BCUT2D eigenvalue weighted by molar-refractivity contribution is 5.82. The zero-order valence-electron chi connectivity index (χ0n) is 7.88. The number of allylic oxidation sites excluding steroid dienone is 2. The van der Waals surface area contributed by atoms with Crippen LogP contribution < -0.4 is 0 Å². The predicted molar refractivity (Wildman–Crippen MR) is 51.0 cm³/mol. The van der Waals surface area contributed by atoms with Gasteiger partial charge in [0.05, 0.1) is 0 Å². The van der Waals surface area contributed by atoms with Gasteiger partial charge in [-0.15, -0.1) is 0 Å². The van der Waals surface area contributed by atoms with Crippen LogP contribution >= 0.6 is 0 Å². The minimum Gasteiger partial charge on any atom is -0.299 e. The molecule has 12 heavy (non-hydrogen) atoms. The molecule has 0 aromatic heterocycles. The van der Waals surface area contributed by atoms with Gasteiger partial charge in [-0.1, -0.05) is 19.1 Å². The Morgan fingerprint density at radius 3 is 2.92 bits per heavy atom. The monoisotopic (exact) mass is 166 g/mol. The van der Waals surface area contributed by atoms with Gasteiger partial charge in [0.1, 0.15) is 5.78 Å². The van der Waals surface area contributed by atoms with Crippen molar-refractivity contribution in [2.75, 3.05) is 0 Å². The van der Waals surface area contributed by atoms with Crippen LogP contribution in [0.1, 0.15) is 45.4 Å². The molecule has 0 aromatic rings. The lowest BCUT2D eigenvalue weighted by atomic mass is 10.0. The van der Waals surface area contributed by atoms with Crippen LogP contribution in [0.25, 0.3) is 0 Å². The fraction of sp³-hybridized carbons (Fsp3) is 0.727. The summed E-state index contributed by atoms with van der Waals surface area (Å²) in [6.07, 6.45) is 10.8. The van der Waals surface area contributed by atoms with Gasteiger partial charge in [0.2, 0.25) is 0 Å². The van der Waals surface area contributed by atoms with Crippen LogP contribution in [-0.4, -0.2) is 5.78 Å². The summed E-state index contributed by atoms with van der Waals surface area (Å²) in [7, 11) is 0. The number of carbonyl (C=O) groups excluding carboxylic acids is 1. The lowest BCUT2D eigenvalue weighted by molar-refractivity contribution is -0.120. The van der Waals surface area contributed by atoms with E-state index in [0.29, 0.717) is 11.7 Å². The second-order valence-corrected chi connectivity index (χ2v) is 3.51. The third-order valence-electron chi connectivity index (χ3n) is 2.52. The first-order valence-electron chi connectivity index (χ1n) is 5.02. The Bertz CT molecular complexity index is 170. The molecule has 68 valence electrons. The predicted octanol–water partition coefficient (Wildman–Crippen LogP) is 3.10. The lowest BCUT2D eigenvalue weighted by Crippen LogP contribution is -2.04. The molecular formula is C11H18O. The van der Waals surface area contributed by atoms with Crippen LogP contribution in [0, 0.1) is 5.92 Å². The van der Waals surface area contributed by atoms with Crippen molar-refractivity contribution in [1.29, 1.82) is 0 Å². The van der Waals surface area contributed by atoms with E-state index >= 15 is 0 Å². The molecule has 0 N–H and O–H groups in total. The second-order valence-electron chi connectivity index (χ2n) is 3.51. The van der Waals surface area contributed by atoms with Crippen LogP contribution in [0.15, 0.2) is 12.2 Å². The highest BCUT2D eigenvalue weighted by Gasteiger charge is 2.22. The molecule has 0 bridgehead atoms. The first-order valence-corrected chi connectivity index (χ1v) is 5.02. The largest absolute Gasteiger partial charge is 0.299 e. The van der Waals surface area contributed by atoms with Gasteiger partial charge in [-0.3, -0.25) is 4.79 Å². The number of ketones is 1. The van der Waals surface area contributed by atoms with Gasteiger partial charge >= 0.3 is 0 Å². The standard InChI is InChI=1S/C11H18O/c1-2-3-4-5-7-10-8-6-9-11(10)12/h3-4,10H,2,5-9H2,1H3/b4-3+/t10-/m0/s1. The third kappa shape index (κ3) is 2.80. The number of rotatable bonds is 4. The molecule has 0 unspecified atom stereocenters. The third-order valence-corrected chi connectivity index (χ3v) is 2.52. The van der Waals surface area contributed by atoms with Crippen molar-refractivity contribution in [3.05, 3.63) is 12.2 Å². The van der Waals surface area contributed by atoms with Gasteiger partial charge in [-0.25, -0.2) is 0 Å². The number of carbonyl (C=O) groups is 1. The molecule has 0 aromatic carbocycles. The maximum Gasteiger partial charge on any atom is 0.135 e. The Morgan fingerprint density at radius 1 is 1.50 bits per heavy atom. The zero-order chi connectivity index (χ0) is 8.81. The maximum absolute atomic E-state index is 11.2. The average Bonchev–Trinajstić information content (AvgIpc) is 2.46. The van der Waals surface area contributed by atoms with Gasteiger partial charge in [-0.05, 0) is 32.1 Å². The first-order chi connectivity index (χ1) is 5.84. The first kappa shape index (κ1) is 9.50. The van der Waals surface area contributed by atoms with Gasteiger partial charge in [0, 0.05) is 12.3 Å². The molecule has 0 amide bonds. The molecule has 0 saturated heterocycles. The Balaban J connectivity index is 2.14. The minimum atomic E-state index is 0.395. The normalized spacial score (nSPS) is 24.1. The fourth-order valence-corrected chi connectivity index (χ4v) is 1.78. The highest BCUT2D eigenvalue weighted by atomic mass is 16.1. The van der Waals surface area contributed by atoms with Crippen LogP contribution in [0.2, 0.25) is 0 Å². The topological polar surface area (TPSA) is 17.1 Å². The SMILES string of the molecule is CC/C=C/CC[C@H]1CCCC1=O. The molecule has 1 atom stereocenters. The summed E-state index contributed by atoms with van der Waals surface area (Å²) in [6.45, 7) is 2.14. The van der Waals surface area contributed by atoms with E-state index in [9.17, 15) is 4.79 Å². The van der Waals surface area contributed by atoms with Crippen LogP contribution in [0.5, 0.6) is 0 Å². The lowest BCUT2D eigenvalue weighted by Gasteiger charge is -2.03. The maximum atomic E-state index is 11.2. The Morgan fingerprint density at radius 2 is 2.33 bits per heavy atom. The van der Waals surface area contributed by atoms with Crippen molar-refractivity contribution in [2.45, 2.75) is 45.4 Å². The summed E-state index contributed by atoms with van der Waals surface area (Å²) < 4.78 is 0. The second kappa shape index (κ2) is 5.13. The van der Waals surface area contributed by atoms with E-state index in [1.165, 1.54) is 0 Å². The summed E-state index contributed by atoms with van der Waals surface area (Å²) in [5.74, 6) is 0.895. The molecule has 1 heteroatoms. The Labute approximate surface area is 74.9 Å². The molecule has 0 radical (unpaired) electrons. The summed E-state index contributed by atoms with van der Waals surface area (Å²) in [5.41, 5.74) is 0. The van der Waals surface area contributed by atoms with Crippen molar-refractivity contribution in [3.63, 3.8) is 0 Å². The fourth-order valence-electron chi connectivity index (χ4n) is 1.78. The van der Waals surface area contributed by atoms with E-state index in [2.05, 4.69) is 19.1 Å². The number of hydrogen-bond acceptors (Lipinski definition) is 1. The molecule has 0 heterocycles. The Kier molecular flexibility index (Phi) is 4.06. The van der Waals surface area contributed by atoms with Gasteiger partial charge in [0.15, 0.2) is 0 Å². The van der Waals surface area contributed by atoms with Crippen LogP contribution in [0.4, 0.5) is 0 Å². The van der Waals surface area contributed by atoms with Crippen molar-refractivity contribution in [1.82, 2.24) is 0 Å².